The summed E-state index contributed by atoms with van der Waals surface area (Å²) in [6.45, 7) is 2.12. The Morgan fingerprint density at radius 3 is 2.26 bits per heavy atom. The van der Waals surface area contributed by atoms with Gasteiger partial charge in [0.05, 0.1) is 0 Å². The second-order valence-corrected chi connectivity index (χ2v) is 7.02. The van der Waals surface area contributed by atoms with Crippen LogP contribution < -0.4 is 10.6 Å². The lowest BCUT2D eigenvalue weighted by molar-refractivity contribution is 0.102. The summed E-state index contributed by atoms with van der Waals surface area (Å²) in [4.78, 5) is 24.5. The Kier molecular flexibility index (Phi) is 6.27. The molecular weight excluding hydrogens is 360 g/mol. The number of anilines is 2. The van der Waals surface area contributed by atoms with E-state index < -0.39 is 0 Å². The molecule has 7 heteroatoms. The van der Waals surface area contributed by atoms with Crippen LogP contribution in [0.5, 0.6) is 0 Å². The number of aromatic nitrogens is 2. The molecule has 0 aliphatic rings. The van der Waals surface area contributed by atoms with Crippen LogP contribution >= 0.6 is 11.3 Å². The van der Waals surface area contributed by atoms with E-state index >= 15 is 0 Å². The average Bonchev–Trinajstić information content (AvgIpc) is 3.14. The second kappa shape index (κ2) is 9.05. The van der Waals surface area contributed by atoms with Gasteiger partial charge in [-0.25, -0.2) is 0 Å². The molecule has 0 bridgehead atoms. The fraction of sp³-hybridized carbons (Fsp3) is 0.200. The van der Waals surface area contributed by atoms with Gasteiger partial charge in [-0.05, 0) is 42.8 Å². The van der Waals surface area contributed by atoms with Gasteiger partial charge >= 0.3 is 0 Å². The summed E-state index contributed by atoms with van der Waals surface area (Å²) < 4.78 is 0. The zero-order chi connectivity index (χ0) is 19.1. The lowest BCUT2D eigenvalue weighted by atomic mass is 10.1. The quantitative estimate of drug-likeness (QED) is 0.637. The molecule has 2 amide bonds. The third-order valence-electron chi connectivity index (χ3n) is 3.87. The van der Waals surface area contributed by atoms with Gasteiger partial charge in [-0.1, -0.05) is 42.9 Å². The van der Waals surface area contributed by atoms with E-state index in [1.165, 1.54) is 11.3 Å². The molecule has 0 saturated heterocycles. The summed E-state index contributed by atoms with van der Waals surface area (Å²) in [6.07, 6.45) is 3.02. The molecule has 0 spiro atoms. The average molecular weight is 380 g/mol. The number of carbonyl (C=O) groups is 2. The molecule has 1 aromatic heterocycles. The van der Waals surface area contributed by atoms with E-state index in [1.807, 2.05) is 18.2 Å². The fourth-order valence-electron chi connectivity index (χ4n) is 2.40. The number of nitrogens with one attached hydrogen (secondary N) is 2. The highest BCUT2D eigenvalue weighted by Gasteiger charge is 2.11. The first-order valence-corrected chi connectivity index (χ1v) is 9.57. The standard InChI is InChI=1S/C20H20N4O2S/c1-2-3-9-17-23-24-20(27-17)22-19(26)15-10-12-16(13-11-15)21-18(25)14-7-5-4-6-8-14/h4-8,10-13H,2-3,9H2,1H3,(H,21,25)(H,22,24,26). The first-order chi connectivity index (χ1) is 13.2. The molecule has 2 aromatic carbocycles. The van der Waals surface area contributed by atoms with Crippen molar-refractivity contribution in [2.45, 2.75) is 26.2 Å². The molecule has 138 valence electrons. The lowest BCUT2D eigenvalue weighted by Crippen LogP contribution is -2.13. The summed E-state index contributed by atoms with van der Waals surface area (Å²) in [6, 6.07) is 15.7. The van der Waals surface area contributed by atoms with Gasteiger partial charge in [-0.15, -0.1) is 10.2 Å². The number of nitrogens with zero attached hydrogens (tertiary/aromatic N) is 2. The minimum Gasteiger partial charge on any atom is -0.322 e. The van der Waals surface area contributed by atoms with Crippen molar-refractivity contribution in [2.24, 2.45) is 0 Å². The number of hydrogen-bond acceptors (Lipinski definition) is 5. The predicted molar refractivity (Wildman–Crippen MR) is 107 cm³/mol. The van der Waals surface area contributed by atoms with Crippen LogP contribution in [0.3, 0.4) is 0 Å². The molecule has 1 heterocycles. The highest BCUT2D eigenvalue weighted by Crippen LogP contribution is 2.19. The molecule has 0 atom stereocenters. The lowest BCUT2D eigenvalue weighted by Gasteiger charge is -2.06. The third-order valence-corrected chi connectivity index (χ3v) is 4.77. The van der Waals surface area contributed by atoms with Gasteiger partial charge in [-0.3, -0.25) is 14.9 Å². The molecular formula is C20H20N4O2S. The Hall–Kier alpha value is -3.06. The van der Waals surface area contributed by atoms with Gasteiger partial charge in [0.2, 0.25) is 5.13 Å². The Balaban J connectivity index is 1.58. The number of amides is 2. The Labute approximate surface area is 161 Å². The molecule has 3 aromatic rings. The number of hydrogen-bond donors (Lipinski definition) is 2. The molecule has 0 unspecified atom stereocenters. The minimum absolute atomic E-state index is 0.193. The van der Waals surface area contributed by atoms with Gasteiger partial charge in [0.25, 0.3) is 11.8 Å². The van der Waals surface area contributed by atoms with Crippen molar-refractivity contribution < 1.29 is 9.59 Å². The highest BCUT2D eigenvalue weighted by atomic mass is 32.1. The molecule has 6 nitrogen and oxygen atoms in total. The van der Waals surface area contributed by atoms with Crippen LogP contribution in [0.4, 0.5) is 10.8 Å². The maximum absolute atomic E-state index is 12.3. The first kappa shape index (κ1) is 18.7. The Morgan fingerprint density at radius 2 is 1.56 bits per heavy atom. The molecule has 0 aliphatic carbocycles. The van der Waals surface area contributed by atoms with Gasteiger partial charge in [0, 0.05) is 23.2 Å². The van der Waals surface area contributed by atoms with E-state index in [-0.39, 0.29) is 11.8 Å². The summed E-state index contributed by atoms with van der Waals surface area (Å²) >= 11 is 1.39. The summed E-state index contributed by atoms with van der Waals surface area (Å²) in [7, 11) is 0. The normalized spacial score (nSPS) is 10.4. The van der Waals surface area contributed by atoms with E-state index in [0.29, 0.717) is 21.9 Å². The largest absolute Gasteiger partial charge is 0.322 e. The van der Waals surface area contributed by atoms with Crippen molar-refractivity contribution in [3.05, 3.63) is 70.7 Å². The summed E-state index contributed by atoms with van der Waals surface area (Å²) in [5.74, 6) is -0.449. The molecule has 3 rings (SSSR count). The summed E-state index contributed by atoms with van der Waals surface area (Å²) in [5.41, 5.74) is 1.69. The summed E-state index contributed by atoms with van der Waals surface area (Å²) in [5, 5.41) is 15.1. The van der Waals surface area contributed by atoms with E-state index in [9.17, 15) is 9.59 Å². The number of unbranched alkanes of at least 4 members (excludes halogenated alkanes) is 1. The number of rotatable bonds is 7. The van der Waals surface area contributed by atoms with Gasteiger partial charge < -0.3 is 5.32 Å². The van der Waals surface area contributed by atoms with Gasteiger partial charge in [0.1, 0.15) is 5.01 Å². The van der Waals surface area contributed by atoms with Crippen LogP contribution in [0, 0.1) is 0 Å². The highest BCUT2D eigenvalue weighted by molar-refractivity contribution is 7.15. The van der Waals surface area contributed by atoms with Crippen LogP contribution in [-0.2, 0) is 6.42 Å². The molecule has 0 fully saturated rings. The third kappa shape index (κ3) is 5.21. The topological polar surface area (TPSA) is 84.0 Å². The molecule has 0 aliphatic heterocycles. The number of aryl methyl sites for hydroxylation is 1. The molecule has 27 heavy (non-hydrogen) atoms. The maximum atomic E-state index is 12.3. The molecule has 0 saturated carbocycles. The van der Waals surface area contributed by atoms with Crippen molar-refractivity contribution in [3.8, 4) is 0 Å². The smallest absolute Gasteiger partial charge is 0.257 e. The maximum Gasteiger partial charge on any atom is 0.257 e. The van der Waals surface area contributed by atoms with Gasteiger partial charge in [-0.2, -0.15) is 0 Å². The Bertz CT molecular complexity index is 907. The van der Waals surface area contributed by atoms with Crippen molar-refractivity contribution >= 4 is 34.0 Å². The monoisotopic (exact) mass is 380 g/mol. The van der Waals surface area contributed by atoms with Crippen molar-refractivity contribution in [3.63, 3.8) is 0 Å². The van der Waals surface area contributed by atoms with Gasteiger partial charge in [0.15, 0.2) is 0 Å². The number of benzene rings is 2. The van der Waals surface area contributed by atoms with Crippen LogP contribution in [0.2, 0.25) is 0 Å². The minimum atomic E-state index is -0.255. The molecule has 2 N–H and O–H groups in total. The number of carbonyl (C=O) groups excluding carboxylic acids is 2. The van der Waals surface area contributed by atoms with Crippen LogP contribution in [0.25, 0.3) is 0 Å². The fourth-order valence-corrected chi connectivity index (χ4v) is 3.18. The second-order valence-electron chi connectivity index (χ2n) is 5.96. The van der Waals surface area contributed by atoms with Crippen molar-refractivity contribution in [1.82, 2.24) is 10.2 Å². The van der Waals surface area contributed by atoms with Crippen LogP contribution in [0.15, 0.2) is 54.6 Å². The zero-order valence-electron chi connectivity index (χ0n) is 14.9. The SMILES string of the molecule is CCCCc1nnc(NC(=O)c2ccc(NC(=O)c3ccccc3)cc2)s1. The van der Waals surface area contributed by atoms with Crippen molar-refractivity contribution in [2.75, 3.05) is 10.6 Å². The zero-order valence-corrected chi connectivity index (χ0v) is 15.8. The van der Waals surface area contributed by atoms with E-state index in [4.69, 9.17) is 0 Å². The van der Waals surface area contributed by atoms with Crippen molar-refractivity contribution in [1.29, 1.82) is 0 Å². The first-order valence-electron chi connectivity index (χ1n) is 8.76. The van der Waals surface area contributed by atoms with E-state index in [1.54, 1.807) is 36.4 Å². The predicted octanol–water partition coefficient (Wildman–Crippen LogP) is 4.39. The van der Waals surface area contributed by atoms with E-state index in [2.05, 4.69) is 27.8 Å². The molecule has 0 radical (unpaired) electrons. The van der Waals surface area contributed by atoms with E-state index in [0.717, 1.165) is 24.3 Å². The van der Waals surface area contributed by atoms with Crippen LogP contribution in [-0.4, -0.2) is 22.0 Å². The van der Waals surface area contributed by atoms with Crippen LogP contribution in [0.1, 0.15) is 45.5 Å². The Morgan fingerprint density at radius 1 is 0.889 bits per heavy atom.